The first-order chi connectivity index (χ1) is 6.02. The first-order valence-corrected chi connectivity index (χ1v) is 4.70. The molecule has 0 saturated carbocycles. The van der Waals surface area contributed by atoms with Crippen molar-refractivity contribution in [3.63, 3.8) is 0 Å². The van der Waals surface area contributed by atoms with E-state index in [1.165, 1.54) is 12.1 Å². The molecule has 0 fully saturated rings. The van der Waals surface area contributed by atoms with E-state index in [-0.39, 0.29) is 18.2 Å². The van der Waals surface area contributed by atoms with Crippen LogP contribution in [-0.2, 0) is 0 Å². The summed E-state index contributed by atoms with van der Waals surface area (Å²) in [6, 6.07) is 3.73. The highest BCUT2D eigenvalue weighted by Crippen LogP contribution is 2.24. The van der Waals surface area contributed by atoms with Gasteiger partial charge in [0.05, 0.1) is 12.1 Å². The molecule has 80 valence electrons. The summed E-state index contributed by atoms with van der Waals surface area (Å²) in [5.74, 6) is -0.326. The average Bonchev–Trinajstić information content (AvgIpc) is 2.03. The molecule has 0 unspecified atom stereocenters. The summed E-state index contributed by atoms with van der Waals surface area (Å²) in [6.45, 7) is 1.60. The van der Waals surface area contributed by atoms with Gasteiger partial charge in [-0.05, 0) is 24.6 Å². The zero-order chi connectivity index (χ0) is 10.0. The van der Waals surface area contributed by atoms with Crippen LogP contribution in [0.3, 0.4) is 0 Å². The standard InChI is InChI=1S/C9H11BrFNO.ClH/c1-5(13)9(12)7-3-2-6(11)4-8(7)10;/h2-5,9,13H,12H2,1H3;1H/t5-,9-;/m0./s1. The van der Waals surface area contributed by atoms with E-state index in [4.69, 9.17) is 5.73 Å². The average molecular weight is 285 g/mol. The number of nitrogens with two attached hydrogens (primary N) is 1. The monoisotopic (exact) mass is 283 g/mol. The maximum Gasteiger partial charge on any atom is 0.124 e. The Hall–Kier alpha value is -0.160. The number of hydrogen-bond donors (Lipinski definition) is 2. The Balaban J connectivity index is 0.00000169. The zero-order valence-corrected chi connectivity index (χ0v) is 9.98. The second-order valence-corrected chi connectivity index (χ2v) is 3.79. The van der Waals surface area contributed by atoms with Crippen LogP contribution in [0.1, 0.15) is 18.5 Å². The Kier molecular flexibility index (Phi) is 5.59. The minimum atomic E-state index is -0.651. The fourth-order valence-electron chi connectivity index (χ4n) is 1.03. The smallest absolute Gasteiger partial charge is 0.124 e. The normalized spacial score (nSPS) is 14.4. The maximum atomic E-state index is 12.7. The Morgan fingerprint density at radius 2 is 2.07 bits per heavy atom. The summed E-state index contributed by atoms with van der Waals surface area (Å²) in [5.41, 5.74) is 6.39. The molecule has 14 heavy (non-hydrogen) atoms. The van der Waals surface area contributed by atoms with Gasteiger partial charge in [0, 0.05) is 4.47 Å². The molecule has 1 aromatic rings. The number of aliphatic hydroxyl groups excluding tert-OH is 1. The van der Waals surface area contributed by atoms with Crippen LogP contribution in [0.15, 0.2) is 22.7 Å². The van der Waals surface area contributed by atoms with E-state index >= 15 is 0 Å². The molecular formula is C9H12BrClFNO. The van der Waals surface area contributed by atoms with Gasteiger partial charge < -0.3 is 10.8 Å². The number of benzene rings is 1. The third-order valence-electron chi connectivity index (χ3n) is 1.84. The molecule has 1 rings (SSSR count). The van der Waals surface area contributed by atoms with Gasteiger partial charge in [-0.2, -0.15) is 0 Å². The first kappa shape index (κ1) is 13.8. The van der Waals surface area contributed by atoms with Crippen LogP contribution in [0.2, 0.25) is 0 Å². The molecule has 0 aliphatic rings. The van der Waals surface area contributed by atoms with Crippen LogP contribution >= 0.6 is 28.3 Å². The highest BCUT2D eigenvalue weighted by molar-refractivity contribution is 9.10. The van der Waals surface area contributed by atoms with Crippen LogP contribution in [-0.4, -0.2) is 11.2 Å². The summed E-state index contributed by atoms with van der Waals surface area (Å²) in [6.07, 6.45) is -0.651. The Morgan fingerprint density at radius 3 is 2.50 bits per heavy atom. The second-order valence-electron chi connectivity index (χ2n) is 2.93. The van der Waals surface area contributed by atoms with Crippen LogP contribution in [0.4, 0.5) is 4.39 Å². The van der Waals surface area contributed by atoms with Crippen molar-refractivity contribution in [2.24, 2.45) is 5.73 Å². The Labute approximate surface area is 96.8 Å². The van der Waals surface area contributed by atoms with Crippen molar-refractivity contribution in [1.29, 1.82) is 0 Å². The van der Waals surface area contributed by atoms with Crippen LogP contribution in [0.25, 0.3) is 0 Å². The number of rotatable bonds is 2. The molecule has 0 aromatic heterocycles. The molecule has 0 aliphatic carbocycles. The van der Waals surface area contributed by atoms with E-state index in [0.717, 1.165) is 0 Å². The van der Waals surface area contributed by atoms with Crippen molar-refractivity contribution in [2.45, 2.75) is 19.1 Å². The summed E-state index contributed by atoms with van der Waals surface area (Å²) in [5, 5.41) is 9.23. The van der Waals surface area contributed by atoms with Crippen LogP contribution in [0.5, 0.6) is 0 Å². The number of hydrogen-bond acceptors (Lipinski definition) is 2. The van der Waals surface area contributed by atoms with Crippen molar-refractivity contribution in [1.82, 2.24) is 0 Å². The minimum Gasteiger partial charge on any atom is -0.391 e. The molecule has 0 aliphatic heterocycles. The quantitative estimate of drug-likeness (QED) is 0.876. The highest BCUT2D eigenvalue weighted by atomic mass is 79.9. The molecule has 0 radical (unpaired) electrons. The van der Waals surface area contributed by atoms with Crippen molar-refractivity contribution >= 4 is 28.3 Å². The van der Waals surface area contributed by atoms with Crippen molar-refractivity contribution in [2.75, 3.05) is 0 Å². The molecule has 0 spiro atoms. The molecule has 0 bridgehead atoms. The van der Waals surface area contributed by atoms with Gasteiger partial charge in [0.15, 0.2) is 0 Å². The second kappa shape index (κ2) is 5.66. The molecule has 0 amide bonds. The molecule has 2 nitrogen and oxygen atoms in total. The first-order valence-electron chi connectivity index (χ1n) is 3.91. The van der Waals surface area contributed by atoms with Crippen LogP contribution in [0, 0.1) is 5.82 Å². The third-order valence-corrected chi connectivity index (χ3v) is 2.53. The van der Waals surface area contributed by atoms with E-state index < -0.39 is 12.1 Å². The molecule has 1 aromatic carbocycles. The highest BCUT2D eigenvalue weighted by Gasteiger charge is 2.14. The summed E-state index contributed by atoms with van der Waals surface area (Å²) in [7, 11) is 0. The minimum absolute atomic E-state index is 0. The lowest BCUT2D eigenvalue weighted by Gasteiger charge is -2.16. The number of halogens is 3. The SMILES string of the molecule is C[C@H](O)[C@H](N)c1ccc(F)cc1Br.Cl. The van der Waals surface area contributed by atoms with Crippen molar-refractivity contribution < 1.29 is 9.50 Å². The maximum absolute atomic E-state index is 12.7. The third kappa shape index (κ3) is 3.20. The van der Waals surface area contributed by atoms with Gasteiger partial charge in [-0.25, -0.2) is 4.39 Å². The fourth-order valence-corrected chi connectivity index (χ4v) is 1.65. The van der Waals surface area contributed by atoms with Gasteiger partial charge >= 0.3 is 0 Å². The lowest BCUT2D eigenvalue weighted by Crippen LogP contribution is -2.23. The summed E-state index contributed by atoms with van der Waals surface area (Å²) >= 11 is 3.18. The molecular weight excluding hydrogens is 272 g/mol. The van der Waals surface area contributed by atoms with Crippen molar-refractivity contribution in [3.05, 3.63) is 34.1 Å². The largest absolute Gasteiger partial charge is 0.391 e. The number of aliphatic hydroxyl groups is 1. The zero-order valence-electron chi connectivity index (χ0n) is 7.58. The predicted octanol–water partition coefficient (Wildman–Crippen LogP) is 2.39. The molecule has 5 heteroatoms. The Morgan fingerprint density at radius 1 is 1.50 bits per heavy atom. The molecule has 0 saturated heterocycles. The van der Waals surface area contributed by atoms with Crippen molar-refractivity contribution in [3.8, 4) is 0 Å². The van der Waals surface area contributed by atoms with Gasteiger partial charge in [0.25, 0.3) is 0 Å². The van der Waals surface area contributed by atoms with Gasteiger partial charge in [-0.3, -0.25) is 0 Å². The van der Waals surface area contributed by atoms with E-state index in [2.05, 4.69) is 15.9 Å². The van der Waals surface area contributed by atoms with Gasteiger partial charge in [-0.1, -0.05) is 22.0 Å². The molecule has 3 N–H and O–H groups in total. The fraction of sp³-hybridized carbons (Fsp3) is 0.333. The van der Waals surface area contributed by atoms with Gasteiger partial charge in [0.1, 0.15) is 5.82 Å². The predicted molar refractivity (Wildman–Crippen MR) is 60.0 cm³/mol. The van der Waals surface area contributed by atoms with Gasteiger partial charge in [0.2, 0.25) is 0 Å². The topological polar surface area (TPSA) is 46.2 Å². The van der Waals surface area contributed by atoms with E-state index in [9.17, 15) is 9.50 Å². The van der Waals surface area contributed by atoms with Crippen LogP contribution < -0.4 is 5.73 Å². The molecule has 0 heterocycles. The van der Waals surface area contributed by atoms with E-state index in [1.54, 1.807) is 13.0 Å². The van der Waals surface area contributed by atoms with Gasteiger partial charge in [-0.15, -0.1) is 12.4 Å². The van der Waals surface area contributed by atoms with E-state index in [0.29, 0.717) is 10.0 Å². The summed E-state index contributed by atoms with van der Waals surface area (Å²) in [4.78, 5) is 0. The van der Waals surface area contributed by atoms with E-state index in [1.807, 2.05) is 0 Å². The summed E-state index contributed by atoms with van der Waals surface area (Å²) < 4.78 is 13.3. The molecule has 2 atom stereocenters. The lowest BCUT2D eigenvalue weighted by molar-refractivity contribution is 0.164. The Bertz CT molecular complexity index is 309. The lowest BCUT2D eigenvalue weighted by atomic mass is 10.0.